The number of rotatable bonds is 3. The predicted octanol–water partition coefficient (Wildman–Crippen LogP) is 2.19. The lowest BCUT2D eigenvalue weighted by atomic mass is 10.2. The molecule has 0 radical (unpaired) electrons. The summed E-state index contributed by atoms with van der Waals surface area (Å²) in [5, 5.41) is 8.89. The average Bonchev–Trinajstić information content (AvgIpc) is 2.74. The number of nitrogens with one attached hydrogen (secondary N) is 2. The van der Waals surface area contributed by atoms with Crippen LogP contribution in [0.4, 0.5) is 11.5 Å². The summed E-state index contributed by atoms with van der Waals surface area (Å²) in [6.45, 7) is 3.14. The number of benzene rings is 1. The third-order valence-electron chi connectivity index (χ3n) is 2.31. The van der Waals surface area contributed by atoms with Crippen molar-refractivity contribution in [3.8, 4) is 0 Å². The van der Waals surface area contributed by atoms with Gasteiger partial charge in [0.25, 0.3) is 5.91 Å². The molecule has 0 spiro atoms. The number of hydrogen-bond acceptors (Lipinski definition) is 4. The summed E-state index contributed by atoms with van der Waals surface area (Å²) in [4.78, 5) is 22.9. The van der Waals surface area contributed by atoms with Crippen LogP contribution in [0.5, 0.6) is 0 Å². The third kappa shape index (κ3) is 3.41. The highest BCUT2D eigenvalue weighted by molar-refractivity contribution is 6.04. The van der Waals surface area contributed by atoms with Crippen LogP contribution in [0.3, 0.4) is 0 Å². The Morgan fingerprint density at radius 3 is 2.63 bits per heavy atom. The molecule has 0 saturated carbocycles. The van der Waals surface area contributed by atoms with Crippen LogP contribution in [0.2, 0.25) is 0 Å². The van der Waals surface area contributed by atoms with E-state index in [2.05, 4.69) is 15.8 Å². The Morgan fingerprint density at radius 1 is 1.21 bits per heavy atom. The Balaban J connectivity index is 2.12. The molecular weight excluding hydrogens is 246 g/mol. The molecule has 6 nitrogen and oxygen atoms in total. The zero-order valence-corrected chi connectivity index (χ0v) is 10.6. The lowest BCUT2D eigenvalue weighted by Gasteiger charge is -2.05. The van der Waals surface area contributed by atoms with Gasteiger partial charge in [0.2, 0.25) is 5.91 Å². The minimum atomic E-state index is -0.319. The van der Waals surface area contributed by atoms with E-state index in [1.165, 1.54) is 6.92 Å². The SMILES string of the molecule is CC(=O)Nc1cccc(C(=O)Nc2cc(C)on2)c1. The molecule has 2 amide bonds. The monoisotopic (exact) mass is 259 g/mol. The van der Waals surface area contributed by atoms with E-state index >= 15 is 0 Å². The van der Waals surface area contributed by atoms with Gasteiger partial charge in [0.05, 0.1) is 0 Å². The van der Waals surface area contributed by atoms with E-state index in [4.69, 9.17) is 4.52 Å². The molecule has 98 valence electrons. The van der Waals surface area contributed by atoms with Gasteiger partial charge in [-0.15, -0.1) is 0 Å². The van der Waals surface area contributed by atoms with Crippen LogP contribution < -0.4 is 10.6 Å². The molecule has 0 aliphatic heterocycles. The normalized spacial score (nSPS) is 10.0. The van der Waals surface area contributed by atoms with Gasteiger partial charge in [-0.25, -0.2) is 0 Å². The van der Waals surface area contributed by atoms with E-state index in [1.54, 1.807) is 37.3 Å². The molecule has 2 aromatic rings. The van der Waals surface area contributed by atoms with Crippen molar-refractivity contribution in [1.29, 1.82) is 0 Å². The van der Waals surface area contributed by atoms with E-state index in [0.717, 1.165) is 0 Å². The van der Waals surface area contributed by atoms with Crippen LogP contribution in [0.15, 0.2) is 34.9 Å². The maximum Gasteiger partial charge on any atom is 0.256 e. The largest absolute Gasteiger partial charge is 0.360 e. The van der Waals surface area contributed by atoms with Crippen molar-refractivity contribution in [1.82, 2.24) is 5.16 Å². The topological polar surface area (TPSA) is 84.2 Å². The van der Waals surface area contributed by atoms with E-state index in [0.29, 0.717) is 22.8 Å². The summed E-state index contributed by atoms with van der Waals surface area (Å²) in [5.41, 5.74) is 0.989. The Bertz CT molecular complexity index is 619. The van der Waals surface area contributed by atoms with Gasteiger partial charge < -0.3 is 15.2 Å². The molecule has 0 fully saturated rings. The second kappa shape index (κ2) is 5.34. The van der Waals surface area contributed by atoms with Crippen LogP contribution in [-0.4, -0.2) is 17.0 Å². The second-order valence-electron chi connectivity index (χ2n) is 4.04. The highest BCUT2D eigenvalue weighted by atomic mass is 16.5. The number of hydrogen-bond donors (Lipinski definition) is 2. The van der Waals surface area contributed by atoms with Crippen LogP contribution in [0.25, 0.3) is 0 Å². The summed E-state index contributed by atoms with van der Waals surface area (Å²) in [5.74, 6) is 0.458. The fraction of sp³-hybridized carbons (Fsp3) is 0.154. The zero-order valence-electron chi connectivity index (χ0n) is 10.6. The first kappa shape index (κ1) is 12.8. The molecule has 2 N–H and O–H groups in total. The third-order valence-corrected chi connectivity index (χ3v) is 2.31. The Morgan fingerprint density at radius 2 is 2.00 bits per heavy atom. The molecule has 0 saturated heterocycles. The van der Waals surface area contributed by atoms with Gasteiger partial charge in [-0.1, -0.05) is 11.2 Å². The smallest absolute Gasteiger partial charge is 0.256 e. The molecule has 6 heteroatoms. The predicted molar refractivity (Wildman–Crippen MR) is 69.9 cm³/mol. The number of anilines is 2. The molecule has 0 aliphatic rings. The van der Waals surface area contributed by atoms with Crippen LogP contribution >= 0.6 is 0 Å². The number of amides is 2. The van der Waals surface area contributed by atoms with Crippen molar-refractivity contribution in [3.63, 3.8) is 0 Å². The van der Waals surface area contributed by atoms with Crippen LogP contribution in [0.1, 0.15) is 23.0 Å². The first-order chi connectivity index (χ1) is 9.04. The Kier molecular flexibility index (Phi) is 3.61. The van der Waals surface area contributed by atoms with Gasteiger partial charge >= 0.3 is 0 Å². The summed E-state index contributed by atoms with van der Waals surface area (Å²) in [7, 11) is 0. The molecule has 1 heterocycles. The molecule has 2 rings (SSSR count). The lowest BCUT2D eigenvalue weighted by Crippen LogP contribution is -2.13. The van der Waals surface area contributed by atoms with Crippen molar-refractivity contribution in [2.75, 3.05) is 10.6 Å². The summed E-state index contributed by atoms with van der Waals surface area (Å²) in [6, 6.07) is 8.25. The van der Waals surface area contributed by atoms with Gasteiger partial charge in [0.15, 0.2) is 5.82 Å². The molecule has 19 heavy (non-hydrogen) atoms. The maximum absolute atomic E-state index is 12.0. The molecular formula is C13H13N3O3. The summed E-state index contributed by atoms with van der Waals surface area (Å²) < 4.78 is 4.86. The van der Waals surface area contributed by atoms with E-state index < -0.39 is 0 Å². The minimum Gasteiger partial charge on any atom is -0.360 e. The van der Waals surface area contributed by atoms with Gasteiger partial charge in [0, 0.05) is 24.2 Å². The Labute approximate surface area is 109 Å². The molecule has 0 unspecified atom stereocenters. The van der Waals surface area contributed by atoms with Crippen molar-refractivity contribution >= 4 is 23.3 Å². The van der Waals surface area contributed by atoms with Crippen molar-refractivity contribution in [2.24, 2.45) is 0 Å². The van der Waals surface area contributed by atoms with Gasteiger partial charge in [-0.2, -0.15) is 0 Å². The minimum absolute atomic E-state index is 0.190. The quantitative estimate of drug-likeness (QED) is 0.884. The molecule has 0 atom stereocenters. The average molecular weight is 259 g/mol. The molecule has 0 bridgehead atoms. The van der Waals surface area contributed by atoms with Gasteiger partial charge in [-0.3, -0.25) is 9.59 Å². The number of aryl methyl sites for hydroxylation is 1. The number of aromatic nitrogens is 1. The van der Waals surface area contributed by atoms with Gasteiger partial charge in [0.1, 0.15) is 5.76 Å². The number of nitrogens with zero attached hydrogens (tertiary/aromatic N) is 1. The van der Waals surface area contributed by atoms with Crippen LogP contribution in [0, 0.1) is 6.92 Å². The first-order valence-electron chi connectivity index (χ1n) is 5.67. The summed E-state index contributed by atoms with van der Waals surface area (Å²) in [6.07, 6.45) is 0. The summed E-state index contributed by atoms with van der Waals surface area (Å²) >= 11 is 0. The fourth-order valence-corrected chi connectivity index (χ4v) is 1.56. The van der Waals surface area contributed by atoms with Crippen molar-refractivity contribution in [2.45, 2.75) is 13.8 Å². The zero-order chi connectivity index (χ0) is 13.8. The van der Waals surface area contributed by atoms with Crippen molar-refractivity contribution < 1.29 is 14.1 Å². The van der Waals surface area contributed by atoms with E-state index in [9.17, 15) is 9.59 Å². The molecule has 1 aromatic heterocycles. The van der Waals surface area contributed by atoms with E-state index in [1.807, 2.05) is 0 Å². The highest BCUT2D eigenvalue weighted by Crippen LogP contribution is 2.13. The van der Waals surface area contributed by atoms with Crippen molar-refractivity contribution in [3.05, 3.63) is 41.7 Å². The maximum atomic E-state index is 12.0. The van der Waals surface area contributed by atoms with Crippen LogP contribution in [-0.2, 0) is 4.79 Å². The van der Waals surface area contributed by atoms with Gasteiger partial charge in [-0.05, 0) is 25.1 Å². The number of carbonyl (C=O) groups is 2. The molecule has 1 aromatic carbocycles. The number of carbonyl (C=O) groups excluding carboxylic acids is 2. The fourth-order valence-electron chi connectivity index (χ4n) is 1.56. The highest BCUT2D eigenvalue weighted by Gasteiger charge is 2.09. The second-order valence-corrected chi connectivity index (χ2v) is 4.04. The molecule has 0 aliphatic carbocycles. The first-order valence-corrected chi connectivity index (χ1v) is 5.67. The Hall–Kier alpha value is -2.63. The van der Waals surface area contributed by atoms with E-state index in [-0.39, 0.29) is 11.8 Å². The standard InChI is InChI=1S/C13H13N3O3/c1-8-6-12(16-19-8)15-13(18)10-4-3-5-11(7-10)14-9(2)17/h3-7H,1-2H3,(H,14,17)(H,15,16,18). The lowest BCUT2D eigenvalue weighted by molar-refractivity contribution is -0.114.